The molecule has 2 aromatic rings. The van der Waals surface area contributed by atoms with E-state index in [0.717, 1.165) is 25.2 Å². The highest BCUT2D eigenvalue weighted by Gasteiger charge is 2.32. The van der Waals surface area contributed by atoms with Crippen LogP contribution < -0.4 is 4.90 Å². The summed E-state index contributed by atoms with van der Waals surface area (Å²) in [7, 11) is 0. The molecule has 0 aromatic carbocycles. The first-order valence-electron chi connectivity index (χ1n) is 9.57. The van der Waals surface area contributed by atoms with Crippen LogP contribution in [0.15, 0.2) is 6.33 Å². The predicted octanol–water partition coefficient (Wildman–Crippen LogP) is 3.63. The SMILES string of the molecule is CC1CCCN1C1CCN(c2ncnc3sc4c(c23)CCC4)CC1. The molecule has 5 heteroatoms. The molecule has 2 aliphatic heterocycles. The van der Waals surface area contributed by atoms with Gasteiger partial charge in [0.2, 0.25) is 0 Å². The first kappa shape index (κ1) is 15.1. The summed E-state index contributed by atoms with van der Waals surface area (Å²) in [5.41, 5.74) is 1.56. The Morgan fingerprint density at radius 1 is 1.04 bits per heavy atom. The van der Waals surface area contributed by atoms with Crippen LogP contribution in [0.3, 0.4) is 0 Å². The first-order valence-corrected chi connectivity index (χ1v) is 10.4. The van der Waals surface area contributed by atoms with Crippen molar-refractivity contribution in [1.82, 2.24) is 14.9 Å². The average Bonchev–Trinajstić information content (AvgIpc) is 3.30. The van der Waals surface area contributed by atoms with Crippen molar-refractivity contribution in [3.8, 4) is 0 Å². The predicted molar refractivity (Wildman–Crippen MR) is 100 cm³/mol. The Balaban J connectivity index is 1.39. The highest BCUT2D eigenvalue weighted by molar-refractivity contribution is 7.19. The number of piperidine rings is 1. The Morgan fingerprint density at radius 3 is 2.71 bits per heavy atom. The van der Waals surface area contributed by atoms with E-state index in [1.165, 1.54) is 67.5 Å². The molecule has 3 aliphatic rings. The fourth-order valence-electron chi connectivity index (χ4n) is 5.06. The summed E-state index contributed by atoms with van der Waals surface area (Å²) >= 11 is 1.90. The van der Waals surface area contributed by atoms with Crippen LogP contribution in [0.5, 0.6) is 0 Å². The number of likely N-dealkylation sites (tertiary alicyclic amines) is 1. The largest absolute Gasteiger partial charge is 0.356 e. The molecular formula is C19H26N4S. The second-order valence-corrected chi connectivity index (χ2v) is 8.77. The molecule has 4 nitrogen and oxygen atoms in total. The minimum absolute atomic E-state index is 0.782. The van der Waals surface area contributed by atoms with Gasteiger partial charge in [0.05, 0.1) is 5.39 Å². The van der Waals surface area contributed by atoms with Gasteiger partial charge in [-0.1, -0.05) is 0 Å². The molecule has 0 N–H and O–H groups in total. The van der Waals surface area contributed by atoms with Crippen LogP contribution in [0.1, 0.15) is 49.5 Å². The standard InChI is InChI=1S/C19H26N4S/c1-13-4-3-9-23(13)14-7-10-22(11-8-14)18-17-15-5-2-6-16(15)24-19(17)21-12-20-18/h12-14H,2-11H2,1H3. The molecule has 2 saturated heterocycles. The van der Waals surface area contributed by atoms with E-state index in [9.17, 15) is 0 Å². The zero-order chi connectivity index (χ0) is 16.1. The topological polar surface area (TPSA) is 32.3 Å². The molecule has 1 unspecified atom stereocenters. The zero-order valence-electron chi connectivity index (χ0n) is 14.5. The van der Waals surface area contributed by atoms with Gasteiger partial charge in [0, 0.05) is 30.1 Å². The maximum Gasteiger partial charge on any atom is 0.141 e. The second kappa shape index (κ2) is 5.95. The molecule has 0 radical (unpaired) electrons. The van der Waals surface area contributed by atoms with E-state index in [-0.39, 0.29) is 0 Å². The van der Waals surface area contributed by atoms with Crippen molar-refractivity contribution in [3.05, 3.63) is 16.8 Å². The van der Waals surface area contributed by atoms with Gasteiger partial charge < -0.3 is 4.90 Å². The van der Waals surface area contributed by atoms with Crippen LogP contribution in [0, 0.1) is 0 Å². The van der Waals surface area contributed by atoms with Crippen molar-refractivity contribution in [2.75, 3.05) is 24.5 Å². The Morgan fingerprint density at radius 2 is 1.92 bits per heavy atom. The van der Waals surface area contributed by atoms with E-state index in [2.05, 4.69) is 21.7 Å². The normalized spacial score (nSPS) is 25.7. The van der Waals surface area contributed by atoms with Gasteiger partial charge in [0.25, 0.3) is 0 Å². The average molecular weight is 343 g/mol. The minimum Gasteiger partial charge on any atom is -0.356 e. The van der Waals surface area contributed by atoms with Crippen molar-refractivity contribution in [1.29, 1.82) is 0 Å². The monoisotopic (exact) mass is 342 g/mol. The molecule has 0 saturated carbocycles. The summed E-state index contributed by atoms with van der Waals surface area (Å²) in [5, 5.41) is 1.38. The Labute approximate surface area is 147 Å². The van der Waals surface area contributed by atoms with Crippen molar-refractivity contribution in [3.63, 3.8) is 0 Å². The van der Waals surface area contributed by atoms with E-state index < -0.39 is 0 Å². The summed E-state index contributed by atoms with van der Waals surface area (Å²) in [5.74, 6) is 1.22. The molecule has 128 valence electrons. The fraction of sp³-hybridized carbons (Fsp3) is 0.684. The third-order valence-corrected chi connectivity index (χ3v) is 7.52. The lowest BCUT2D eigenvalue weighted by Crippen LogP contribution is -2.46. The van der Waals surface area contributed by atoms with Crippen LogP contribution in [-0.4, -0.2) is 46.6 Å². The van der Waals surface area contributed by atoms with Gasteiger partial charge in [-0.25, -0.2) is 9.97 Å². The van der Waals surface area contributed by atoms with Crippen LogP contribution in [0.25, 0.3) is 10.2 Å². The quantitative estimate of drug-likeness (QED) is 0.834. The Kier molecular flexibility index (Phi) is 3.74. The van der Waals surface area contributed by atoms with Gasteiger partial charge in [-0.15, -0.1) is 11.3 Å². The lowest BCUT2D eigenvalue weighted by Gasteiger charge is -2.39. The molecule has 4 heterocycles. The Bertz CT molecular complexity index is 747. The number of aromatic nitrogens is 2. The molecule has 0 spiro atoms. The maximum absolute atomic E-state index is 4.73. The van der Waals surface area contributed by atoms with Gasteiger partial charge in [0.15, 0.2) is 0 Å². The molecule has 2 aromatic heterocycles. The van der Waals surface area contributed by atoms with Crippen LogP contribution in [0.4, 0.5) is 5.82 Å². The van der Waals surface area contributed by atoms with Crippen molar-refractivity contribution in [2.24, 2.45) is 0 Å². The third-order valence-electron chi connectivity index (χ3n) is 6.32. The number of fused-ring (bicyclic) bond motifs is 3. The van der Waals surface area contributed by atoms with Crippen LogP contribution in [0.2, 0.25) is 0 Å². The van der Waals surface area contributed by atoms with Gasteiger partial charge in [-0.05, 0) is 64.0 Å². The molecule has 1 aliphatic carbocycles. The lowest BCUT2D eigenvalue weighted by molar-refractivity contribution is 0.163. The molecule has 0 amide bonds. The van der Waals surface area contributed by atoms with Gasteiger partial charge in [-0.3, -0.25) is 4.90 Å². The van der Waals surface area contributed by atoms with E-state index in [1.54, 1.807) is 16.8 Å². The molecule has 0 bridgehead atoms. The highest BCUT2D eigenvalue weighted by Crippen LogP contribution is 2.40. The summed E-state index contributed by atoms with van der Waals surface area (Å²) in [6.45, 7) is 6.00. The Hall–Kier alpha value is -1.20. The van der Waals surface area contributed by atoms with Gasteiger partial charge >= 0.3 is 0 Å². The summed E-state index contributed by atoms with van der Waals surface area (Å²) in [6.07, 6.45) is 10.9. The number of thiophene rings is 1. The molecular weight excluding hydrogens is 316 g/mol. The zero-order valence-corrected chi connectivity index (χ0v) is 15.3. The number of nitrogens with zero attached hydrogens (tertiary/aromatic N) is 4. The summed E-state index contributed by atoms with van der Waals surface area (Å²) in [4.78, 5) is 17.4. The number of anilines is 1. The second-order valence-electron chi connectivity index (χ2n) is 7.68. The summed E-state index contributed by atoms with van der Waals surface area (Å²) in [6, 6.07) is 1.57. The van der Waals surface area contributed by atoms with Gasteiger partial charge in [-0.2, -0.15) is 0 Å². The van der Waals surface area contributed by atoms with E-state index in [0.29, 0.717) is 0 Å². The van der Waals surface area contributed by atoms with Crippen LogP contribution >= 0.6 is 11.3 Å². The number of hydrogen-bond acceptors (Lipinski definition) is 5. The first-order chi connectivity index (χ1) is 11.8. The molecule has 24 heavy (non-hydrogen) atoms. The highest BCUT2D eigenvalue weighted by atomic mass is 32.1. The molecule has 5 rings (SSSR count). The van der Waals surface area contributed by atoms with E-state index in [1.807, 2.05) is 11.3 Å². The van der Waals surface area contributed by atoms with E-state index >= 15 is 0 Å². The number of hydrogen-bond donors (Lipinski definition) is 0. The fourth-order valence-corrected chi connectivity index (χ4v) is 6.28. The number of aryl methyl sites for hydroxylation is 2. The summed E-state index contributed by atoms with van der Waals surface area (Å²) < 4.78 is 0. The lowest BCUT2D eigenvalue weighted by atomic mass is 10.0. The molecule has 1 atom stereocenters. The van der Waals surface area contributed by atoms with Crippen LogP contribution in [-0.2, 0) is 12.8 Å². The maximum atomic E-state index is 4.73. The number of rotatable bonds is 2. The smallest absolute Gasteiger partial charge is 0.141 e. The van der Waals surface area contributed by atoms with Crippen molar-refractivity contribution >= 4 is 27.4 Å². The van der Waals surface area contributed by atoms with Gasteiger partial charge in [0.1, 0.15) is 17.0 Å². The minimum atomic E-state index is 0.782. The van der Waals surface area contributed by atoms with Crippen molar-refractivity contribution < 1.29 is 0 Å². The third kappa shape index (κ3) is 2.36. The van der Waals surface area contributed by atoms with E-state index in [4.69, 9.17) is 4.98 Å². The molecule has 2 fully saturated rings. The van der Waals surface area contributed by atoms with Crippen molar-refractivity contribution in [2.45, 2.75) is 64.0 Å².